The average Bonchev–Trinajstić information content (AvgIpc) is 2.83. The van der Waals surface area contributed by atoms with Crippen LogP contribution in [0.25, 0.3) is 0 Å². The summed E-state index contributed by atoms with van der Waals surface area (Å²) >= 11 is 0. The lowest BCUT2D eigenvalue weighted by Gasteiger charge is -2.33. The molecule has 0 spiro atoms. The number of para-hydroxylation sites is 1. The quantitative estimate of drug-likeness (QED) is 0.740. The molecule has 164 valence electrons. The van der Waals surface area contributed by atoms with Crippen LogP contribution in [0.5, 0.6) is 5.75 Å². The third kappa shape index (κ3) is 5.21. The number of hydrogen-bond acceptors (Lipinski definition) is 5. The second kappa shape index (κ2) is 9.90. The molecule has 0 unspecified atom stereocenters. The van der Waals surface area contributed by atoms with Crippen molar-refractivity contribution in [3.8, 4) is 5.75 Å². The molecular weight excluding hydrogens is 392 g/mol. The first-order chi connectivity index (χ1) is 15.1. The Labute approximate surface area is 183 Å². The molecule has 0 N–H and O–H groups in total. The van der Waals surface area contributed by atoms with Crippen LogP contribution in [0.15, 0.2) is 36.5 Å². The van der Waals surface area contributed by atoms with E-state index in [0.29, 0.717) is 30.2 Å². The monoisotopic (exact) mass is 422 g/mol. The maximum absolute atomic E-state index is 13.1. The molecule has 7 heteroatoms. The highest BCUT2D eigenvalue weighted by Crippen LogP contribution is 2.30. The molecule has 3 heterocycles. The summed E-state index contributed by atoms with van der Waals surface area (Å²) < 4.78 is 5.60. The number of aryl methyl sites for hydroxylation is 1. The number of ether oxygens (including phenoxy) is 1. The number of amides is 2. The third-order valence-electron chi connectivity index (χ3n) is 6.15. The van der Waals surface area contributed by atoms with Crippen LogP contribution in [0.3, 0.4) is 0 Å². The molecule has 31 heavy (non-hydrogen) atoms. The van der Waals surface area contributed by atoms with Crippen LogP contribution in [-0.4, -0.2) is 64.4 Å². The van der Waals surface area contributed by atoms with Gasteiger partial charge in [-0.05, 0) is 51.2 Å². The highest BCUT2D eigenvalue weighted by atomic mass is 16.5. The zero-order valence-corrected chi connectivity index (χ0v) is 18.1. The van der Waals surface area contributed by atoms with E-state index in [1.807, 2.05) is 47.1 Å². The lowest BCUT2D eigenvalue weighted by Crippen LogP contribution is -2.41. The maximum Gasteiger partial charge on any atom is 0.260 e. The van der Waals surface area contributed by atoms with Crippen LogP contribution in [0.1, 0.15) is 59.9 Å². The van der Waals surface area contributed by atoms with Gasteiger partial charge in [0.25, 0.3) is 11.8 Å². The van der Waals surface area contributed by atoms with Crippen molar-refractivity contribution in [2.24, 2.45) is 0 Å². The molecule has 2 amide bonds. The smallest absolute Gasteiger partial charge is 0.260 e. The Morgan fingerprint density at radius 3 is 2.42 bits per heavy atom. The predicted octanol–water partition coefficient (Wildman–Crippen LogP) is 3.20. The van der Waals surface area contributed by atoms with Gasteiger partial charge in [-0.15, -0.1) is 0 Å². The number of hydrogen-bond donors (Lipinski definition) is 0. The lowest BCUT2D eigenvalue weighted by molar-refractivity contribution is -0.134. The fourth-order valence-corrected chi connectivity index (χ4v) is 4.39. The molecular formula is C24H30N4O3. The van der Waals surface area contributed by atoms with E-state index in [0.717, 1.165) is 44.5 Å². The van der Waals surface area contributed by atoms with Gasteiger partial charge in [-0.2, -0.15) is 0 Å². The van der Waals surface area contributed by atoms with E-state index >= 15 is 0 Å². The van der Waals surface area contributed by atoms with Crippen molar-refractivity contribution in [1.82, 2.24) is 19.8 Å². The van der Waals surface area contributed by atoms with Gasteiger partial charge in [0.2, 0.25) is 0 Å². The van der Waals surface area contributed by atoms with Gasteiger partial charge in [-0.1, -0.05) is 18.2 Å². The molecule has 0 radical (unpaired) electrons. The lowest BCUT2D eigenvalue weighted by atomic mass is 9.90. The summed E-state index contributed by atoms with van der Waals surface area (Å²) in [6, 6.07) is 9.38. The summed E-state index contributed by atoms with van der Waals surface area (Å²) in [5.74, 6) is 1.57. The Morgan fingerprint density at radius 2 is 1.71 bits per heavy atom. The van der Waals surface area contributed by atoms with E-state index in [1.54, 1.807) is 6.20 Å². The van der Waals surface area contributed by atoms with Gasteiger partial charge in [0, 0.05) is 38.3 Å². The first kappa shape index (κ1) is 21.3. The van der Waals surface area contributed by atoms with Crippen molar-refractivity contribution in [3.05, 3.63) is 53.6 Å². The Kier molecular flexibility index (Phi) is 6.79. The molecule has 1 aromatic carbocycles. The number of rotatable bonds is 5. The summed E-state index contributed by atoms with van der Waals surface area (Å²) in [6.07, 6.45) is 6.56. The second-order valence-corrected chi connectivity index (χ2v) is 8.33. The normalized spacial score (nSPS) is 17.5. The Balaban J connectivity index is 1.38. The molecule has 0 aliphatic carbocycles. The van der Waals surface area contributed by atoms with Gasteiger partial charge in [-0.25, -0.2) is 9.97 Å². The summed E-state index contributed by atoms with van der Waals surface area (Å²) in [6.45, 7) is 4.79. The van der Waals surface area contributed by atoms with E-state index in [9.17, 15) is 9.59 Å². The predicted molar refractivity (Wildman–Crippen MR) is 117 cm³/mol. The first-order valence-electron chi connectivity index (χ1n) is 11.2. The molecule has 4 rings (SSSR count). The van der Waals surface area contributed by atoms with Gasteiger partial charge in [-0.3, -0.25) is 9.59 Å². The van der Waals surface area contributed by atoms with Gasteiger partial charge in [0.15, 0.2) is 6.61 Å². The van der Waals surface area contributed by atoms with E-state index in [-0.39, 0.29) is 24.3 Å². The van der Waals surface area contributed by atoms with Crippen LogP contribution in [0.2, 0.25) is 0 Å². The summed E-state index contributed by atoms with van der Waals surface area (Å²) in [5, 5.41) is 0. The van der Waals surface area contributed by atoms with Gasteiger partial charge >= 0.3 is 0 Å². The van der Waals surface area contributed by atoms with E-state index in [1.165, 1.54) is 6.42 Å². The molecule has 0 saturated carbocycles. The van der Waals surface area contributed by atoms with Crippen molar-refractivity contribution in [2.45, 2.75) is 44.9 Å². The fourth-order valence-electron chi connectivity index (χ4n) is 4.39. The number of piperidine rings is 2. The van der Waals surface area contributed by atoms with Crippen LogP contribution in [0.4, 0.5) is 0 Å². The SMILES string of the molecule is Cc1ncc(C(=O)N2CCCCC2)c(C2CCN(C(=O)COc3ccccc3)CC2)n1. The standard InChI is InChI=1S/C24H30N4O3/c1-18-25-16-21(24(30)28-12-6-3-7-13-28)23(26-18)19-10-14-27(15-11-19)22(29)17-31-20-8-4-2-5-9-20/h2,4-5,8-9,16,19H,3,6-7,10-15,17H2,1H3. The molecule has 2 aliphatic rings. The molecule has 1 aromatic heterocycles. The van der Waals surface area contributed by atoms with Gasteiger partial charge in [0.1, 0.15) is 11.6 Å². The van der Waals surface area contributed by atoms with E-state index in [2.05, 4.69) is 9.97 Å². The number of benzene rings is 1. The zero-order valence-electron chi connectivity index (χ0n) is 18.1. The summed E-state index contributed by atoms with van der Waals surface area (Å²) in [5.41, 5.74) is 1.47. The van der Waals surface area contributed by atoms with Crippen LogP contribution >= 0.6 is 0 Å². The average molecular weight is 423 g/mol. The highest BCUT2D eigenvalue weighted by Gasteiger charge is 2.30. The number of carbonyl (C=O) groups excluding carboxylic acids is 2. The Morgan fingerprint density at radius 1 is 1.00 bits per heavy atom. The molecule has 2 fully saturated rings. The van der Waals surface area contributed by atoms with Crippen molar-refractivity contribution in [2.75, 3.05) is 32.8 Å². The fraction of sp³-hybridized carbons (Fsp3) is 0.500. The van der Waals surface area contributed by atoms with Crippen LogP contribution in [-0.2, 0) is 4.79 Å². The Bertz CT molecular complexity index is 904. The topological polar surface area (TPSA) is 75.6 Å². The molecule has 2 aromatic rings. The van der Waals surface area contributed by atoms with Crippen molar-refractivity contribution in [1.29, 1.82) is 0 Å². The van der Waals surface area contributed by atoms with Crippen molar-refractivity contribution >= 4 is 11.8 Å². The second-order valence-electron chi connectivity index (χ2n) is 8.33. The van der Waals surface area contributed by atoms with Crippen molar-refractivity contribution in [3.63, 3.8) is 0 Å². The zero-order chi connectivity index (χ0) is 21.6. The molecule has 7 nitrogen and oxygen atoms in total. The van der Waals surface area contributed by atoms with Gasteiger partial charge in [0.05, 0.1) is 11.3 Å². The largest absolute Gasteiger partial charge is 0.484 e. The van der Waals surface area contributed by atoms with E-state index in [4.69, 9.17) is 4.74 Å². The minimum absolute atomic E-state index is 0.00853. The minimum Gasteiger partial charge on any atom is -0.484 e. The van der Waals surface area contributed by atoms with Gasteiger partial charge < -0.3 is 14.5 Å². The number of carbonyl (C=O) groups is 2. The summed E-state index contributed by atoms with van der Waals surface area (Å²) in [4.78, 5) is 38.5. The Hall–Kier alpha value is -2.96. The minimum atomic E-state index is -0.00853. The molecule has 0 bridgehead atoms. The molecule has 2 aliphatic heterocycles. The van der Waals surface area contributed by atoms with Crippen LogP contribution < -0.4 is 4.74 Å². The summed E-state index contributed by atoms with van der Waals surface area (Å²) in [7, 11) is 0. The van der Waals surface area contributed by atoms with E-state index < -0.39 is 0 Å². The number of nitrogens with zero attached hydrogens (tertiary/aromatic N) is 4. The molecule has 2 saturated heterocycles. The number of likely N-dealkylation sites (tertiary alicyclic amines) is 2. The molecule has 0 atom stereocenters. The van der Waals surface area contributed by atoms with Crippen molar-refractivity contribution < 1.29 is 14.3 Å². The van der Waals surface area contributed by atoms with Crippen LogP contribution in [0, 0.1) is 6.92 Å². The third-order valence-corrected chi connectivity index (χ3v) is 6.15. The number of aromatic nitrogens is 2. The maximum atomic E-state index is 13.1. The first-order valence-corrected chi connectivity index (χ1v) is 11.2. The highest BCUT2D eigenvalue weighted by molar-refractivity contribution is 5.95.